The van der Waals surface area contributed by atoms with E-state index in [9.17, 15) is 29.7 Å². The standard InChI is InChI=1S/C15H10O6/c16-13(17)9-5-2-1-4-8(9)12-10(14(18)19)6-3-7-11(12)15(20)21/h1-7H,(H,16,17)(H,18,19)(H,20,21). The molecule has 0 bridgehead atoms. The Hall–Kier alpha value is -3.15. The van der Waals surface area contributed by atoms with Gasteiger partial charge in [0.05, 0.1) is 16.7 Å². The van der Waals surface area contributed by atoms with E-state index in [1.807, 2.05) is 0 Å². The Morgan fingerprint density at radius 2 is 1.05 bits per heavy atom. The first kappa shape index (κ1) is 14.3. The lowest BCUT2D eigenvalue weighted by Crippen LogP contribution is -2.09. The van der Waals surface area contributed by atoms with Crippen molar-refractivity contribution >= 4 is 17.9 Å². The summed E-state index contributed by atoms with van der Waals surface area (Å²) in [6.07, 6.45) is 0. The van der Waals surface area contributed by atoms with E-state index >= 15 is 0 Å². The molecule has 0 saturated carbocycles. The van der Waals surface area contributed by atoms with Gasteiger partial charge < -0.3 is 15.3 Å². The Balaban J connectivity index is 2.88. The van der Waals surface area contributed by atoms with E-state index in [1.165, 1.54) is 42.5 Å². The number of aromatic carboxylic acids is 3. The molecule has 2 rings (SSSR count). The lowest BCUT2D eigenvalue weighted by molar-refractivity contribution is 0.0679. The zero-order valence-corrected chi connectivity index (χ0v) is 10.6. The first-order valence-electron chi connectivity index (χ1n) is 5.85. The Kier molecular flexibility index (Phi) is 3.71. The molecule has 0 aromatic heterocycles. The summed E-state index contributed by atoms with van der Waals surface area (Å²) in [4.78, 5) is 33.9. The third kappa shape index (κ3) is 2.59. The Bertz CT molecular complexity index is 715. The number of carboxylic acid groups (broad SMARTS) is 3. The van der Waals surface area contributed by atoms with E-state index in [0.717, 1.165) is 0 Å². The molecule has 2 aromatic rings. The Labute approximate surface area is 118 Å². The smallest absolute Gasteiger partial charge is 0.336 e. The van der Waals surface area contributed by atoms with Crippen LogP contribution in [0, 0.1) is 0 Å². The van der Waals surface area contributed by atoms with Crippen molar-refractivity contribution in [1.82, 2.24) is 0 Å². The predicted molar refractivity (Wildman–Crippen MR) is 72.8 cm³/mol. The van der Waals surface area contributed by atoms with Gasteiger partial charge in [0.1, 0.15) is 0 Å². The topological polar surface area (TPSA) is 112 Å². The summed E-state index contributed by atoms with van der Waals surface area (Å²) in [7, 11) is 0. The second kappa shape index (κ2) is 5.46. The average Bonchev–Trinajstić information content (AvgIpc) is 2.46. The van der Waals surface area contributed by atoms with E-state index in [-0.39, 0.29) is 27.8 Å². The maximum absolute atomic E-state index is 11.3. The van der Waals surface area contributed by atoms with Crippen molar-refractivity contribution in [1.29, 1.82) is 0 Å². The van der Waals surface area contributed by atoms with Gasteiger partial charge in [0.2, 0.25) is 0 Å². The highest BCUT2D eigenvalue weighted by atomic mass is 16.4. The van der Waals surface area contributed by atoms with E-state index < -0.39 is 17.9 Å². The van der Waals surface area contributed by atoms with E-state index in [0.29, 0.717) is 0 Å². The molecule has 21 heavy (non-hydrogen) atoms. The van der Waals surface area contributed by atoms with Crippen molar-refractivity contribution in [2.45, 2.75) is 0 Å². The fourth-order valence-electron chi connectivity index (χ4n) is 2.09. The molecule has 0 aliphatic heterocycles. The van der Waals surface area contributed by atoms with Gasteiger partial charge in [0, 0.05) is 5.56 Å². The highest BCUT2D eigenvalue weighted by Gasteiger charge is 2.23. The van der Waals surface area contributed by atoms with Crippen LogP contribution in [-0.2, 0) is 0 Å². The van der Waals surface area contributed by atoms with Crippen molar-refractivity contribution in [3.63, 3.8) is 0 Å². The quantitative estimate of drug-likeness (QED) is 0.795. The van der Waals surface area contributed by atoms with Gasteiger partial charge in [-0.2, -0.15) is 0 Å². The molecular formula is C15H10O6. The third-order valence-corrected chi connectivity index (χ3v) is 2.95. The number of hydrogen-bond donors (Lipinski definition) is 3. The number of carbonyl (C=O) groups is 3. The summed E-state index contributed by atoms with van der Waals surface area (Å²) >= 11 is 0. The number of hydrogen-bond acceptors (Lipinski definition) is 3. The summed E-state index contributed by atoms with van der Waals surface area (Å²) in [6, 6.07) is 9.47. The van der Waals surface area contributed by atoms with Gasteiger partial charge in [0.25, 0.3) is 0 Å². The SMILES string of the molecule is O=C(O)c1ccccc1-c1c(C(=O)O)cccc1C(=O)O. The second-order valence-corrected chi connectivity index (χ2v) is 4.19. The number of rotatable bonds is 4. The second-order valence-electron chi connectivity index (χ2n) is 4.19. The van der Waals surface area contributed by atoms with Crippen LogP contribution in [-0.4, -0.2) is 33.2 Å². The van der Waals surface area contributed by atoms with Crippen molar-refractivity contribution in [2.75, 3.05) is 0 Å². The fraction of sp³-hybridized carbons (Fsp3) is 0. The van der Waals surface area contributed by atoms with Gasteiger partial charge in [-0.05, 0) is 23.8 Å². The summed E-state index contributed by atoms with van der Waals surface area (Å²) in [5.41, 5.74) is -0.739. The zero-order valence-electron chi connectivity index (χ0n) is 10.6. The lowest BCUT2D eigenvalue weighted by atomic mass is 9.91. The Morgan fingerprint density at radius 3 is 1.52 bits per heavy atom. The first-order chi connectivity index (χ1) is 9.93. The molecule has 0 spiro atoms. The van der Waals surface area contributed by atoms with Crippen LogP contribution in [0.1, 0.15) is 31.1 Å². The van der Waals surface area contributed by atoms with Crippen molar-refractivity contribution < 1.29 is 29.7 Å². The maximum Gasteiger partial charge on any atom is 0.336 e. The van der Waals surface area contributed by atoms with E-state index in [4.69, 9.17) is 0 Å². The van der Waals surface area contributed by atoms with Crippen LogP contribution in [0.3, 0.4) is 0 Å². The van der Waals surface area contributed by atoms with Crippen LogP contribution in [0.15, 0.2) is 42.5 Å². The Morgan fingerprint density at radius 1 is 0.619 bits per heavy atom. The van der Waals surface area contributed by atoms with Gasteiger partial charge in [-0.3, -0.25) is 0 Å². The van der Waals surface area contributed by atoms with E-state index in [2.05, 4.69) is 0 Å². The average molecular weight is 286 g/mol. The van der Waals surface area contributed by atoms with Gasteiger partial charge in [-0.25, -0.2) is 14.4 Å². The summed E-state index contributed by atoms with van der Waals surface area (Å²) < 4.78 is 0. The molecular weight excluding hydrogens is 276 g/mol. The number of benzene rings is 2. The van der Waals surface area contributed by atoms with Gasteiger partial charge in [0.15, 0.2) is 0 Å². The predicted octanol–water partition coefficient (Wildman–Crippen LogP) is 2.45. The first-order valence-corrected chi connectivity index (χ1v) is 5.85. The molecule has 0 amide bonds. The third-order valence-electron chi connectivity index (χ3n) is 2.95. The zero-order chi connectivity index (χ0) is 15.6. The molecule has 0 atom stereocenters. The molecule has 0 unspecified atom stereocenters. The van der Waals surface area contributed by atoms with Crippen LogP contribution >= 0.6 is 0 Å². The summed E-state index contributed by atoms with van der Waals surface area (Å²) in [5, 5.41) is 27.6. The summed E-state index contributed by atoms with van der Waals surface area (Å²) in [6.45, 7) is 0. The van der Waals surface area contributed by atoms with Crippen LogP contribution in [0.2, 0.25) is 0 Å². The van der Waals surface area contributed by atoms with Crippen molar-refractivity contribution in [3.05, 3.63) is 59.2 Å². The van der Waals surface area contributed by atoms with Gasteiger partial charge in [-0.1, -0.05) is 24.3 Å². The highest BCUT2D eigenvalue weighted by Crippen LogP contribution is 2.31. The van der Waals surface area contributed by atoms with E-state index in [1.54, 1.807) is 0 Å². The minimum Gasteiger partial charge on any atom is -0.478 e. The molecule has 6 heteroatoms. The minimum atomic E-state index is -1.33. The largest absolute Gasteiger partial charge is 0.478 e. The normalized spacial score (nSPS) is 10.1. The molecule has 0 heterocycles. The summed E-state index contributed by atoms with van der Waals surface area (Å²) in [5.74, 6) is -3.91. The maximum atomic E-state index is 11.3. The molecule has 0 aliphatic carbocycles. The lowest BCUT2D eigenvalue weighted by Gasteiger charge is -2.12. The highest BCUT2D eigenvalue weighted by molar-refractivity contribution is 6.08. The molecule has 0 aliphatic rings. The molecule has 106 valence electrons. The molecule has 3 N–H and O–H groups in total. The van der Waals surface area contributed by atoms with Crippen molar-refractivity contribution in [2.24, 2.45) is 0 Å². The van der Waals surface area contributed by atoms with Crippen molar-refractivity contribution in [3.8, 4) is 11.1 Å². The molecule has 0 radical (unpaired) electrons. The number of carboxylic acids is 3. The van der Waals surface area contributed by atoms with Crippen LogP contribution < -0.4 is 0 Å². The van der Waals surface area contributed by atoms with Crippen LogP contribution in [0.5, 0.6) is 0 Å². The van der Waals surface area contributed by atoms with Gasteiger partial charge >= 0.3 is 17.9 Å². The monoisotopic (exact) mass is 286 g/mol. The van der Waals surface area contributed by atoms with Gasteiger partial charge in [-0.15, -0.1) is 0 Å². The minimum absolute atomic E-state index is 0.0559. The molecule has 0 fully saturated rings. The van der Waals surface area contributed by atoms with Crippen LogP contribution in [0.4, 0.5) is 0 Å². The fourth-order valence-corrected chi connectivity index (χ4v) is 2.09. The molecule has 2 aromatic carbocycles. The van der Waals surface area contributed by atoms with Crippen LogP contribution in [0.25, 0.3) is 11.1 Å². The molecule has 6 nitrogen and oxygen atoms in total. The molecule has 0 saturated heterocycles.